The predicted octanol–water partition coefficient (Wildman–Crippen LogP) is 2.80. The van der Waals surface area contributed by atoms with Crippen molar-refractivity contribution in [3.63, 3.8) is 0 Å². The maximum atomic E-state index is 12.2. The molecule has 19 heavy (non-hydrogen) atoms. The van der Waals surface area contributed by atoms with E-state index in [4.69, 9.17) is 0 Å². The van der Waals surface area contributed by atoms with Crippen molar-refractivity contribution in [1.29, 1.82) is 0 Å². The first-order chi connectivity index (χ1) is 9.01. The van der Waals surface area contributed by atoms with Gasteiger partial charge in [-0.05, 0) is 41.8 Å². The molecule has 0 aliphatic carbocycles. The SMILES string of the molecule is CCn1cc(Br)cc1C(=O)NCC(CC)(CC)CO. The molecule has 0 atom stereocenters. The molecule has 0 radical (unpaired) electrons. The highest BCUT2D eigenvalue weighted by Crippen LogP contribution is 2.24. The van der Waals surface area contributed by atoms with Gasteiger partial charge in [0.1, 0.15) is 5.69 Å². The fourth-order valence-corrected chi connectivity index (χ4v) is 2.53. The Morgan fingerprint density at radius 2 is 2.05 bits per heavy atom. The molecule has 0 saturated heterocycles. The van der Waals surface area contributed by atoms with E-state index in [-0.39, 0.29) is 17.9 Å². The van der Waals surface area contributed by atoms with Crippen molar-refractivity contribution in [3.05, 3.63) is 22.4 Å². The van der Waals surface area contributed by atoms with Crippen LogP contribution in [0.5, 0.6) is 0 Å². The third kappa shape index (κ3) is 3.83. The van der Waals surface area contributed by atoms with E-state index in [1.807, 2.05) is 37.6 Å². The van der Waals surface area contributed by atoms with Crippen molar-refractivity contribution in [1.82, 2.24) is 9.88 Å². The van der Waals surface area contributed by atoms with E-state index < -0.39 is 0 Å². The molecule has 2 N–H and O–H groups in total. The fourth-order valence-electron chi connectivity index (χ4n) is 2.06. The van der Waals surface area contributed by atoms with Crippen molar-refractivity contribution in [2.24, 2.45) is 5.41 Å². The smallest absolute Gasteiger partial charge is 0.267 e. The number of hydrogen-bond donors (Lipinski definition) is 2. The summed E-state index contributed by atoms with van der Waals surface area (Å²) in [4.78, 5) is 12.2. The van der Waals surface area contributed by atoms with Gasteiger partial charge in [-0.1, -0.05) is 13.8 Å². The number of carbonyl (C=O) groups excluding carboxylic acids is 1. The Bertz CT molecular complexity index is 417. The lowest BCUT2D eigenvalue weighted by atomic mass is 9.83. The Kier molecular flexibility index (Phi) is 6.07. The molecule has 0 aromatic carbocycles. The summed E-state index contributed by atoms with van der Waals surface area (Å²) < 4.78 is 2.80. The van der Waals surface area contributed by atoms with E-state index >= 15 is 0 Å². The highest BCUT2D eigenvalue weighted by Gasteiger charge is 2.26. The largest absolute Gasteiger partial charge is 0.396 e. The Morgan fingerprint density at radius 1 is 1.42 bits per heavy atom. The van der Waals surface area contributed by atoms with E-state index in [0.717, 1.165) is 23.9 Å². The van der Waals surface area contributed by atoms with Gasteiger partial charge in [0.05, 0.1) is 6.61 Å². The number of amides is 1. The Hall–Kier alpha value is -0.810. The summed E-state index contributed by atoms with van der Waals surface area (Å²) in [5.41, 5.74) is 0.435. The van der Waals surface area contributed by atoms with Crippen LogP contribution in [0.25, 0.3) is 0 Å². The van der Waals surface area contributed by atoms with Crippen molar-refractivity contribution < 1.29 is 9.90 Å². The molecule has 4 nitrogen and oxygen atoms in total. The van der Waals surface area contributed by atoms with Crippen LogP contribution in [-0.2, 0) is 6.54 Å². The van der Waals surface area contributed by atoms with Crippen molar-refractivity contribution >= 4 is 21.8 Å². The standard InChI is InChI=1S/C14H23BrN2O2/c1-4-14(5-2,10-18)9-16-13(19)12-7-11(15)8-17(12)6-3/h7-8,18H,4-6,9-10H2,1-3H3,(H,16,19). The lowest BCUT2D eigenvalue weighted by Crippen LogP contribution is -2.39. The maximum absolute atomic E-state index is 12.2. The minimum absolute atomic E-state index is 0.0905. The highest BCUT2D eigenvalue weighted by atomic mass is 79.9. The third-order valence-corrected chi connectivity index (χ3v) is 4.33. The Balaban J connectivity index is 2.74. The Labute approximate surface area is 123 Å². The number of aliphatic hydroxyl groups is 1. The number of carbonyl (C=O) groups is 1. The highest BCUT2D eigenvalue weighted by molar-refractivity contribution is 9.10. The van der Waals surface area contributed by atoms with Crippen LogP contribution in [0.3, 0.4) is 0 Å². The van der Waals surface area contributed by atoms with Crippen molar-refractivity contribution in [2.75, 3.05) is 13.2 Å². The minimum Gasteiger partial charge on any atom is -0.396 e. The molecule has 0 spiro atoms. The molecule has 1 aromatic heterocycles. The van der Waals surface area contributed by atoms with Gasteiger partial charge in [0.2, 0.25) is 0 Å². The number of aromatic nitrogens is 1. The lowest BCUT2D eigenvalue weighted by molar-refractivity contribution is 0.0843. The number of nitrogens with zero attached hydrogens (tertiary/aromatic N) is 1. The summed E-state index contributed by atoms with van der Waals surface area (Å²) in [6, 6.07) is 1.82. The molecule has 0 bridgehead atoms. The molecule has 1 amide bonds. The van der Waals surface area contributed by atoms with Gasteiger partial charge in [-0.25, -0.2) is 0 Å². The predicted molar refractivity (Wildman–Crippen MR) is 80.2 cm³/mol. The van der Waals surface area contributed by atoms with E-state index in [1.54, 1.807) is 0 Å². The molecule has 1 aromatic rings. The van der Waals surface area contributed by atoms with Crippen LogP contribution < -0.4 is 5.32 Å². The second-order valence-electron chi connectivity index (χ2n) is 4.88. The van der Waals surface area contributed by atoms with Crippen molar-refractivity contribution in [2.45, 2.75) is 40.2 Å². The molecule has 1 heterocycles. The van der Waals surface area contributed by atoms with E-state index in [1.165, 1.54) is 0 Å². The average Bonchev–Trinajstić information content (AvgIpc) is 2.82. The van der Waals surface area contributed by atoms with Crippen LogP contribution in [0.4, 0.5) is 0 Å². The molecule has 0 aliphatic rings. The van der Waals surface area contributed by atoms with E-state index in [0.29, 0.717) is 12.2 Å². The minimum atomic E-state index is -0.212. The summed E-state index contributed by atoms with van der Waals surface area (Å²) in [5.74, 6) is -0.0905. The number of hydrogen-bond acceptors (Lipinski definition) is 2. The molecule has 5 heteroatoms. The van der Waals surface area contributed by atoms with Crippen LogP contribution >= 0.6 is 15.9 Å². The number of aliphatic hydroxyl groups excluding tert-OH is 1. The summed E-state index contributed by atoms with van der Waals surface area (Å²) in [6.07, 6.45) is 3.59. The summed E-state index contributed by atoms with van der Waals surface area (Å²) >= 11 is 3.38. The van der Waals surface area contributed by atoms with E-state index in [2.05, 4.69) is 21.2 Å². The molecular weight excluding hydrogens is 308 g/mol. The number of halogens is 1. The molecule has 0 aliphatic heterocycles. The quantitative estimate of drug-likeness (QED) is 0.807. The molecule has 0 fully saturated rings. The second kappa shape index (κ2) is 7.10. The first-order valence-electron chi connectivity index (χ1n) is 6.76. The van der Waals surface area contributed by atoms with Gasteiger partial charge in [-0.3, -0.25) is 4.79 Å². The van der Waals surface area contributed by atoms with E-state index in [9.17, 15) is 9.90 Å². The number of aryl methyl sites for hydroxylation is 1. The molecule has 108 valence electrons. The second-order valence-corrected chi connectivity index (χ2v) is 5.79. The van der Waals surface area contributed by atoms with Crippen LogP contribution in [0.15, 0.2) is 16.7 Å². The molecule has 0 saturated carbocycles. The van der Waals surface area contributed by atoms with Gasteiger partial charge in [0.25, 0.3) is 5.91 Å². The lowest BCUT2D eigenvalue weighted by Gasteiger charge is -2.29. The average molecular weight is 331 g/mol. The van der Waals surface area contributed by atoms with Crippen LogP contribution in [0, 0.1) is 5.41 Å². The Morgan fingerprint density at radius 3 is 2.53 bits per heavy atom. The number of rotatable bonds is 7. The van der Waals surface area contributed by atoms with Crippen LogP contribution in [0.2, 0.25) is 0 Å². The zero-order chi connectivity index (χ0) is 14.5. The van der Waals surface area contributed by atoms with Gasteiger partial charge in [-0.2, -0.15) is 0 Å². The first kappa shape index (κ1) is 16.2. The van der Waals surface area contributed by atoms with Gasteiger partial charge >= 0.3 is 0 Å². The van der Waals surface area contributed by atoms with Gasteiger partial charge in [-0.15, -0.1) is 0 Å². The maximum Gasteiger partial charge on any atom is 0.267 e. The fraction of sp³-hybridized carbons (Fsp3) is 0.643. The van der Waals surface area contributed by atoms with Crippen molar-refractivity contribution in [3.8, 4) is 0 Å². The number of nitrogens with one attached hydrogen (secondary N) is 1. The zero-order valence-electron chi connectivity index (χ0n) is 11.9. The zero-order valence-corrected chi connectivity index (χ0v) is 13.5. The summed E-state index contributed by atoms with van der Waals surface area (Å²) in [5, 5.41) is 12.4. The van der Waals surface area contributed by atoms with Crippen LogP contribution in [0.1, 0.15) is 44.1 Å². The van der Waals surface area contributed by atoms with Crippen LogP contribution in [-0.4, -0.2) is 28.7 Å². The van der Waals surface area contributed by atoms with Gasteiger partial charge in [0, 0.05) is 29.2 Å². The van der Waals surface area contributed by atoms with Gasteiger partial charge < -0.3 is 15.0 Å². The molecular formula is C14H23BrN2O2. The topological polar surface area (TPSA) is 54.3 Å². The molecule has 1 rings (SSSR count). The summed E-state index contributed by atoms with van der Waals surface area (Å²) in [6.45, 7) is 7.43. The normalized spacial score (nSPS) is 11.6. The third-order valence-electron chi connectivity index (χ3n) is 3.90. The summed E-state index contributed by atoms with van der Waals surface area (Å²) in [7, 11) is 0. The molecule has 0 unspecified atom stereocenters. The monoisotopic (exact) mass is 330 g/mol. The van der Waals surface area contributed by atoms with Gasteiger partial charge in [0.15, 0.2) is 0 Å². The first-order valence-corrected chi connectivity index (χ1v) is 7.56.